The minimum Gasteiger partial charge on any atom is -0.357 e. The van der Waals surface area contributed by atoms with Crippen LogP contribution in [0, 0.1) is 0 Å². The van der Waals surface area contributed by atoms with E-state index in [9.17, 15) is 8.42 Å². The maximum atomic E-state index is 11.1. The lowest BCUT2D eigenvalue weighted by atomic mass is 10.1. The summed E-state index contributed by atoms with van der Waals surface area (Å²) in [6.45, 7) is 7.42. The minimum absolute atomic E-state index is 0. The van der Waals surface area contributed by atoms with Crippen LogP contribution in [0.5, 0.6) is 0 Å². The quantitative estimate of drug-likeness (QED) is 0.241. The van der Waals surface area contributed by atoms with Gasteiger partial charge in [-0.3, -0.25) is 4.99 Å². The van der Waals surface area contributed by atoms with Gasteiger partial charge in [-0.05, 0) is 20.3 Å². The van der Waals surface area contributed by atoms with E-state index >= 15 is 0 Å². The van der Waals surface area contributed by atoms with Crippen molar-refractivity contribution in [3.63, 3.8) is 0 Å². The van der Waals surface area contributed by atoms with E-state index in [1.54, 1.807) is 0 Å². The topological polar surface area (TPSA) is 70.6 Å². The molecule has 0 rings (SSSR count). The highest BCUT2D eigenvalue weighted by atomic mass is 127. The zero-order valence-electron chi connectivity index (χ0n) is 13.8. The van der Waals surface area contributed by atoms with E-state index < -0.39 is 9.84 Å². The maximum absolute atomic E-state index is 11.1. The summed E-state index contributed by atoms with van der Waals surface area (Å²) in [7, 11) is -2.95. The van der Waals surface area contributed by atoms with Crippen molar-refractivity contribution in [3.05, 3.63) is 0 Å². The monoisotopic (exact) mass is 433 g/mol. The Morgan fingerprint density at radius 3 is 2.38 bits per heavy atom. The molecule has 0 heterocycles. The second-order valence-corrected chi connectivity index (χ2v) is 7.55. The van der Waals surface area contributed by atoms with Crippen molar-refractivity contribution in [2.24, 2.45) is 4.99 Å². The lowest BCUT2D eigenvalue weighted by molar-refractivity contribution is 0.537. The number of rotatable bonds is 10. The fraction of sp³-hybridized carbons (Fsp3) is 0.929. The van der Waals surface area contributed by atoms with Gasteiger partial charge in [-0.1, -0.05) is 32.6 Å². The van der Waals surface area contributed by atoms with Crippen molar-refractivity contribution >= 4 is 39.8 Å². The van der Waals surface area contributed by atoms with Crippen LogP contribution in [-0.4, -0.2) is 45.5 Å². The molecule has 7 heteroatoms. The highest BCUT2D eigenvalue weighted by Gasteiger charge is 2.06. The third kappa shape index (κ3) is 16.2. The molecule has 0 aliphatic heterocycles. The molecular formula is C14H32IN3O2S. The fourth-order valence-electron chi connectivity index (χ4n) is 1.83. The van der Waals surface area contributed by atoms with E-state index in [0.29, 0.717) is 18.5 Å². The fourth-order valence-corrected chi connectivity index (χ4v) is 2.25. The normalized spacial score (nSPS) is 13.4. The van der Waals surface area contributed by atoms with Gasteiger partial charge in [0, 0.05) is 18.8 Å². The average molecular weight is 433 g/mol. The van der Waals surface area contributed by atoms with Gasteiger partial charge in [0.1, 0.15) is 9.84 Å². The lowest BCUT2D eigenvalue weighted by Crippen LogP contribution is -2.42. The van der Waals surface area contributed by atoms with Crippen LogP contribution in [-0.2, 0) is 9.84 Å². The van der Waals surface area contributed by atoms with Gasteiger partial charge in [0.05, 0.1) is 12.3 Å². The smallest absolute Gasteiger partial charge is 0.191 e. The van der Waals surface area contributed by atoms with Crippen molar-refractivity contribution in [3.8, 4) is 0 Å². The Labute approximate surface area is 147 Å². The zero-order valence-corrected chi connectivity index (χ0v) is 17.0. The van der Waals surface area contributed by atoms with E-state index in [-0.39, 0.29) is 29.7 Å². The standard InChI is InChI=1S/C14H31N3O2S.HI/c1-5-7-8-9-10-13(3)17-14(15-6-2)16-11-12-20(4,18)19;/h13H,5-12H2,1-4H3,(H2,15,16,17);1H. The first-order valence-corrected chi connectivity index (χ1v) is 9.67. The van der Waals surface area contributed by atoms with Crippen LogP contribution in [0.3, 0.4) is 0 Å². The van der Waals surface area contributed by atoms with Crippen LogP contribution in [0.4, 0.5) is 0 Å². The Kier molecular flexibility index (Phi) is 15.0. The Bertz CT molecular complexity index is 372. The van der Waals surface area contributed by atoms with E-state index in [4.69, 9.17) is 0 Å². The molecule has 0 fully saturated rings. The summed E-state index contributed by atoms with van der Waals surface area (Å²) in [5.41, 5.74) is 0. The van der Waals surface area contributed by atoms with Gasteiger partial charge in [-0.15, -0.1) is 24.0 Å². The van der Waals surface area contributed by atoms with E-state index in [0.717, 1.165) is 13.0 Å². The van der Waals surface area contributed by atoms with Gasteiger partial charge in [0.15, 0.2) is 5.96 Å². The third-order valence-corrected chi connectivity index (χ3v) is 3.87. The predicted octanol–water partition coefficient (Wildman–Crippen LogP) is 2.56. The molecule has 0 aromatic heterocycles. The summed E-state index contributed by atoms with van der Waals surface area (Å²) in [5, 5.41) is 6.47. The molecule has 0 radical (unpaired) electrons. The summed E-state index contributed by atoms with van der Waals surface area (Å²) < 4.78 is 22.2. The molecule has 1 atom stereocenters. The number of sulfone groups is 1. The highest BCUT2D eigenvalue weighted by Crippen LogP contribution is 2.05. The molecule has 2 N–H and O–H groups in total. The molecule has 0 saturated carbocycles. The number of hydrogen-bond donors (Lipinski definition) is 2. The number of aliphatic imine (C=N–C) groups is 1. The van der Waals surface area contributed by atoms with Gasteiger partial charge < -0.3 is 10.6 Å². The Hall–Kier alpha value is -0.0500. The van der Waals surface area contributed by atoms with Crippen LogP contribution in [0.15, 0.2) is 4.99 Å². The zero-order chi connectivity index (χ0) is 15.4. The molecule has 0 aromatic rings. The summed E-state index contributed by atoms with van der Waals surface area (Å²) in [5.74, 6) is 0.799. The molecule has 0 spiro atoms. The van der Waals surface area contributed by atoms with E-state index in [1.165, 1.54) is 31.9 Å². The first-order valence-electron chi connectivity index (χ1n) is 7.61. The molecule has 5 nitrogen and oxygen atoms in total. The molecule has 21 heavy (non-hydrogen) atoms. The molecule has 0 aliphatic carbocycles. The number of nitrogens with one attached hydrogen (secondary N) is 2. The number of nitrogens with zero attached hydrogens (tertiary/aromatic N) is 1. The second-order valence-electron chi connectivity index (χ2n) is 5.29. The van der Waals surface area contributed by atoms with Gasteiger partial charge in [-0.2, -0.15) is 0 Å². The maximum Gasteiger partial charge on any atom is 0.191 e. The van der Waals surface area contributed by atoms with Crippen LogP contribution in [0.25, 0.3) is 0 Å². The Morgan fingerprint density at radius 1 is 1.19 bits per heavy atom. The largest absolute Gasteiger partial charge is 0.357 e. The molecule has 0 amide bonds. The summed E-state index contributed by atoms with van der Waals surface area (Å²) in [6, 6.07) is 0.350. The van der Waals surface area contributed by atoms with Gasteiger partial charge in [0.25, 0.3) is 0 Å². The molecular weight excluding hydrogens is 401 g/mol. The molecule has 0 aliphatic rings. The molecule has 0 bridgehead atoms. The van der Waals surface area contributed by atoms with Crippen LogP contribution in [0.2, 0.25) is 0 Å². The van der Waals surface area contributed by atoms with Crippen molar-refractivity contribution in [2.45, 2.75) is 58.9 Å². The second kappa shape index (κ2) is 13.6. The van der Waals surface area contributed by atoms with Crippen molar-refractivity contribution in [1.29, 1.82) is 0 Å². The Morgan fingerprint density at radius 2 is 1.86 bits per heavy atom. The number of guanidine groups is 1. The third-order valence-electron chi connectivity index (χ3n) is 2.95. The highest BCUT2D eigenvalue weighted by molar-refractivity contribution is 14.0. The molecule has 0 aromatic carbocycles. The molecule has 1 unspecified atom stereocenters. The minimum atomic E-state index is -2.95. The summed E-state index contributed by atoms with van der Waals surface area (Å²) >= 11 is 0. The lowest BCUT2D eigenvalue weighted by Gasteiger charge is -2.17. The Balaban J connectivity index is 0. The van der Waals surface area contributed by atoms with E-state index in [2.05, 4.69) is 29.5 Å². The first-order chi connectivity index (χ1) is 9.39. The van der Waals surface area contributed by atoms with Gasteiger partial charge in [0.2, 0.25) is 0 Å². The average Bonchev–Trinajstić information content (AvgIpc) is 2.33. The molecule has 0 saturated heterocycles. The van der Waals surface area contributed by atoms with Crippen LogP contribution in [0.1, 0.15) is 52.9 Å². The number of hydrogen-bond acceptors (Lipinski definition) is 3. The number of unbranched alkanes of at least 4 members (excludes halogenated alkanes) is 3. The van der Waals surface area contributed by atoms with Crippen molar-refractivity contribution in [1.82, 2.24) is 10.6 Å². The van der Waals surface area contributed by atoms with Crippen LogP contribution >= 0.6 is 24.0 Å². The number of halogens is 1. The predicted molar refractivity (Wildman–Crippen MR) is 102 cm³/mol. The van der Waals surface area contributed by atoms with E-state index in [1.807, 2.05) is 6.92 Å². The van der Waals surface area contributed by atoms with Crippen molar-refractivity contribution in [2.75, 3.05) is 25.1 Å². The first kappa shape index (κ1) is 23.2. The van der Waals surface area contributed by atoms with Crippen LogP contribution < -0.4 is 10.6 Å². The van der Waals surface area contributed by atoms with Gasteiger partial charge in [-0.25, -0.2) is 8.42 Å². The SMILES string of the molecule is CCCCCCC(C)NC(=NCCS(C)(=O)=O)NCC.I. The van der Waals surface area contributed by atoms with Gasteiger partial charge >= 0.3 is 0 Å². The summed E-state index contributed by atoms with van der Waals surface area (Å²) in [4.78, 5) is 4.30. The molecule has 128 valence electrons. The van der Waals surface area contributed by atoms with Crippen molar-refractivity contribution < 1.29 is 8.42 Å². The summed E-state index contributed by atoms with van der Waals surface area (Å²) in [6.07, 6.45) is 7.36.